The van der Waals surface area contributed by atoms with Crippen molar-refractivity contribution in [2.24, 2.45) is 4.99 Å². The fourth-order valence-electron chi connectivity index (χ4n) is 3.45. The topological polar surface area (TPSA) is 66.9 Å². The Morgan fingerprint density at radius 2 is 1.97 bits per heavy atom. The number of allylic oxidation sites excluding steroid dienone is 1. The minimum absolute atomic E-state index is 0.161. The van der Waals surface area contributed by atoms with Crippen LogP contribution in [0.1, 0.15) is 37.8 Å². The van der Waals surface area contributed by atoms with Crippen molar-refractivity contribution in [1.29, 1.82) is 0 Å². The fraction of sp³-hybridized carbons (Fsp3) is 0.318. The quantitative estimate of drug-likeness (QED) is 0.611. The van der Waals surface area contributed by atoms with Gasteiger partial charge in [0.05, 0.1) is 25.1 Å². The number of hydrazine groups is 1. The summed E-state index contributed by atoms with van der Waals surface area (Å²) in [5, 5.41) is 4.18. The number of ether oxygens (including phenoxy) is 2. The van der Waals surface area contributed by atoms with Crippen molar-refractivity contribution in [2.45, 2.75) is 32.9 Å². The third-order valence-corrected chi connectivity index (χ3v) is 5.37. The summed E-state index contributed by atoms with van der Waals surface area (Å²) in [4.78, 5) is 5.00. The maximum absolute atomic E-state index is 6.54. The summed E-state index contributed by atoms with van der Waals surface area (Å²) in [6.07, 6.45) is 1.89. The first-order valence-electron chi connectivity index (χ1n) is 9.80. The van der Waals surface area contributed by atoms with E-state index < -0.39 is 0 Å². The number of halogens is 1. The van der Waals surface area contributed by atoms with Gasteiger partial charge in [0, 0.05) is 33.6 Å². The molecule has 0 radical (unpaired) electrons. The molecule has 0 spiro atoms. The molecular weight excluding hydrogens is 388 g/mol. The molecule has 0 saturated heterocycles. The average molecular weight is 413 g/mol. The Kier molecular flexibility index (Phi) is 5.65. The van der Waals surface area contributed by atoms with E-state index in [1.165, 1.54) is 0 Å². The number of anilines is 1. The van der Waals surface area contributed by atoms with Gasteiger partial charge in [-0.3, -0.25) is 0 Å². The molecule has 0 amide bonds. The van der Waals surface area contributed by atoms with E-state index in [1.807, 2.05) is 43.3 Å². The number of rotatable bonds is 6. The van der Waals surface area contributed by atoms with Gasteiger partial charge in [0.1, 0.15) is 6.17 Å². The van der Waals surface area contributed by atoms with Crippen LogP contribution in [-0.4, -0.2) is 25.6 Å². The number of fused-ring (bicyclic) bond motifs is 2. The monoisotopic (exact) mass is 412 g/mol. The van der Waals surface area contributed by atoms with Crippen LogP contribution in [0.15, 0.2) is 52.8 Å². The Balaban J connectivity index is 1.88. The Morgan fingerprint density at radius 1 is 1.14 bits per heavy atom. The molecule has 0 saturated carbocycles. The summed E-state index contributed by atoms with van der Waals surface area (Å²) in [7, 11) is 1.65. The van der Waals surface area contributed by atoms with E-state index in [4.69, 9.17) is 26.1 Å². The van der Waals surface area contributed by atoms with Gasteiger partial charge >= 0.3 is 0 Å². The molecule has 7 heteroatoms. The minimum atomic E-state index is -0.161. The molecule has 2 aliphatic rings. The second-order valence-electron chi connectivity index (χ2n) is 7.05. The molecule has 1 atom stereocenters. The minimum Gasteiger partial charge on any atom is -0.493 e. The van der Waals surface area contributed by atoms with E-state index in [-0.39, 0.29) is 6.17 Å². The van der Waals surface area contributed by atoms with Crippen molar-refractivity contribution >= 4 is 23.0 Å². The van der Waals surface area contributed by atoms with Gasteiger partial charge in [0.15, 0.2) is 11.5 Å². The zero-order chi connectivity index (χ0) is 20.4. The van der Waals surface area contributed by atoms with Crippen LogP contribution in [0.3, 0.4) is 0 Å². The predicted octanol–water partition coefficient (Wildman–Crippen LogP) is 4.46. The van der Waals surface area contributed by atoms with Crippen LogP contribution in [0.5, 0.6) is 11.5 Å². The molecule has 2 aromatic carbocycles. The SMILES string of the molecule is CCCCOc1cc2c(cc1OC)C(c1ccccc1Cl)=NC1=C(C)NNC1N2. The number of benzene rings is 2. The predicted molar refractivity (Wildman–Crippen MR) is 117 cm³/mol. The summed E-state index contributed by atoms with van der Waals surface area (Å²) in [5.41, 5.74) is 11.7. The van der Waals surface area contributed by atoms with Gasteiger partial charge in [-0.05, 0) is 25.5 Å². The largest absolute Gasteiger partial charge is 0.493 e. The molecule has 29 heavy (non-hydrogen) atoms. The Labute approximate surface area is 175 Å². The first kappa shape index (κ1) is 19.6. The normalized spacial score (nSPS) is 17.5. The van der Waals surface area contributed by atoms with Crippen LogP contribution < -0.4 is 25.6 Å². The first-order valence-corrected chi connectivity index (χ1v) is 10.2. The van der Waals surface area contributed by atoms with Crippen LogP contribution in [0.4, 0.5) is 5.69 Å². The highest BCUT2D eigenvalue weighted by atomic mass is 35.5. The molecular formula is C22H25ClN4O2. The van der Waals surface area contributed by atoms with Crippen molar-refractivity contribution in [3.05, 3.63) is 63.9 Å². The maximum Gasteiger partial charge on any atom is 0.163 e. The van der Waals surface area contributed by atoms with Crippen LogP contribution in [-0.2, 0) is 0 Å². The lowest BCUT2D eigenvalue weighted by atomic mass is 9.99. The molecule has 2 aromatic rings. The lowest BCUT2D eigenvalue weighted by Crippen LogP contribution is -2.38. The van der Waals surface area contributed by atoms with Gasteiger partial charge in [-0.2, -0.15) is 0 Å². The lowest BCUT2D eigenvalue weighted by Gasteiger charge is -2.19. The average Bonchev–Trinajstić information content (AvgIpc) is 2.98. The second kappa shape index (κ2) is 8.35. The zero-order valence-corrected chi connectivity index (χ0v) is 17.6. The molecule has 0 aromatic heterocycles. The highest BCUT2D eigenvalue weighted by molar-refractivity contribution is 6.36. The van der Waals surface area contributed by atoms with Gasteiger partial charge in [-0.15, -0.1) is 0 Å². The highest BCUT2D eigenvalue weighted by Gasteiger charge is 2.30. The van der Waals surface area contributed by atoms with Crippen molar-refractivity contribution in [1.82, 2.24) is 10.9 Å². The van der Waals surface area contributed by atoms with Gasteiger partial charge in [0.25, 0.3) is 0 Å². The standard InChI is InChI=1S/C22H25ClN4O2/c1-4-5-10-29-19-12-17-15(11-18(19)28-3)21(14-8-6-7-9-16(14)23)25-20-13(2)26-27-22(20)24-17/h6-9,11-12,22,24,26-27H,4-5,10H2,1-3H3. The van der Waals surface area contributed by atoms with Crippen LogP contribution in [0, 0.1) is 0 Å². The van der Waals surface area contributed by atoms with Crippen LogP contribution in [0.25, 0.3) is 0 Å². The molecule has 4 rings (SSSR count). The Hall–Kier alpha value is -2.70. The van der Waals surface area contributed by atoms with Crippen molar-refractivity contribution in [2.75, 3.05) is 19.0 Å². The summed E-state index contributed by atoms with van der Waals surface area (Å²) in [6.45, 7) is 4.78. The van der Waals surface area contributed by atoms with E-state index in [0.29, 0.717) is 23.1 Å². The Morgan fingerprint density at radius 3 is 2.72 bits per heavy atom. The molecule has 1 unspecified atom stereocenters. The van der Waals surface area contributed by atoms with E-state index in [9.17, 15) is 0 Å². The summed E-state index contributed by atoms with van der Waals surface area (Å²) in [6, 6.07) is 11.7. The number of hydrogen-bond acceptors (Lipinski definition) is 6. The lowest BCUT2D eigenvalue weighted by molar-refractivity contribution is 0.288. The number of nitrogens with one attached hydrogen (secondary N) is 3. The Bertz CT molecular complexity index is 987. The van der Waals surface area contributed by atoms with Gasteiger partial charge in [-0.1, -0.05) is 43.1 Å². The van der Waals surface area contributed by atoms with Crippen molar-refractivity contribution < 1.29 is 9.47 Å². The molecule has 0 aliphatic carbocycles. The van der Waals surface area contributed by atoms with Gasteiger partial charge in [0.2, 0.25) is 0 Å². The molecule has 0 bridgehead atoms. The fourth-order valence-corrected chi connectivity index (χ4v) is 3.68. The second-order valence-corrected chi connectivity index (χ2v) is 7.46. The van der Waals surface area contributed by atoms with Crippen LogP contribution in [0.2, 0.25) is 5.02 Å². The van der Waals surface area contributed by atoms with Crippen LogP contribution >= 0.6 is 11.6 Å². The zero-order valence-electron chi connectivity index (χ0n) is 16.8. The third kappa shape index (κ3) is 3.78. The van der Waals surface area contributed by atoms with E-state index >= 15 is 0 Å². The van der Waals surface area contributed by atoms with Gasteiger partial charge in [-0.25, -0.2) is 10.4 Å². The van der Waals surface area contributed by atoms with Crippen molar-refractivity contribution in [3.8, 4) is 11.5 Å². The maximum atomic E-state index is 6.54. The van der Waals surface area contributed by atoms with E-state index in [1.54, 1.807) is 7.11 Å². The molecule has 2 heterocycles. The number of unbranched alkanes of at least 4 members (excludes halogenated alkanes) is 1. The summed E-state index contributed by atoms with van der Waals surface area (Å²) < 4.78 is 11.6. The summed E-state index contributed by atoms with van der Waals surface area (Å²) in [5.74, 6) is 1.38. The number of nitrogens with zero attached hydrogens (tertiary/aromatic N) is 1. The number of hydrogen-bond donors (Lipinski definition) is 3. The van der Waals surface area contributed by atoms with Gasteiger partial charge < -0.3 is 20.2 Å². The molecule has 0 fully saturated rings. The first-order chi connectivity index (χ1) is 14.1. The smallest absolute Gasteiger partial charge is 0.163 e. The van der Waals surface area contributed by atoms with E-state index in [0.717, 1.165) is 46.8 Å². The molecule has 2 aliphatic heterocycles. The van der Waals surface area contributed by atoms with E-state index in [2.05, 4.69) is 23.1 Å². The van der Waals surface area contributed by atoms with Crippen molar-refractivity contribution in [3.63, 3.8) is 0 Å². The molecule has 152 valence electrons. The highest BCUT2D eigenvalue weighted by Crippen LogP contribution is 2.38. The number of methoxy groups -OCH3 is 1. The molecule has 3 N–H and O–H groups in total. The summed E-state index contributed by atoms with van der Waals surface area (Å²) >= 11 is 6.54. The number of aliphatic imine (C=N–C) groups is 1. The third-order valence-electron chi connectivity index (χ3n) is 5.04. The molecule has 6 nitrogen and oxygen atoms in total.